The monoisotopic (exact) mass is 244 g/mol. The number of hydrogen-bond acceptors (Lipinski definition) is 3. The van der Waals surface area contributed by atoms with Gasteiger partial charge in [0.25, 0.3) is 0 Å². The Hall–Kier alpha value is -1.58. The lowest BCUT2D eigenvalue weighted by molar-refractivity contribution is 0.288. The lowest BCUT2D eigenvalue weighted by Crippen LogP contribution is -2.16. The molecular formula is C15H20N2O. The molecule has 0 aliphatic carbocycles. The number of rotatable bonds is 6. The summed E-state index contributed by atoms with van der Waals surface area (Å²) in [6.45, 7) is 2.46. The standard InChI is InChI=1S/C15H20N2O/c1-17(12-15-3-2-10-18-15)11-14-6-4-13(5-7-14)8-9-16/h2-7,10H,8-9,11-12,16H2,1H3. The van der Waals surface area contributed by atoms with Crippen molar-refractivity contribution in [1.29, 1.82) is 0 Å². The molecule has 0 bridgehead atoms. The van der Waals surface area contributed by atoms with Crippen LogP contribution in [0.5, 0.6) is 0 Å². The first-order chi connectivity index (χ1) is 8.78. The first kappa shape index (κ1) is 12.9. The van der Waals surface area contributed by atoms with Gasteiger partial charge in [-0.25, -0.2) is 0 Å². The molecule has 1 aromatic carbocycles. The van der Waals surface area contributed by atoms with E-state index in [9.17, 15) is 0 Å². The van der Waals surface area contributed by atoms with Crippen LogP contribution in [0.2, 0.25) is 0 Å². The van der Waals surface area contributed by atoms with Gasteiger partial charge in [0.2, 0.25) is 0 Å². The highest BCUT2D eigenvalue weighted by Gasteiger charge is 2.03. The fraction of sp³-hybridized carbons (Fsp3) is 0.333. The third-order valence-corrected chi connectivity index (χ3v) is 2.91. The second-order valence-electron chi connectivity index (χ2n) is 4.61. The van der Waals surface area contributed by atoms with Gasteiger partial charge in [-0.2, -0.15) is 0 Å². The van der Waals surface area contributed by atoms with Crippen molar-refractivity contribution >= 4 is 0 Å². The predicted octanol–water partition coefficient (Wildman–Crippen LogP) is 2.41. The third kappa shape index (κ3) is 3.72. The molecule has 0 unspecified atom stereocenters. The van der Waals surface area contributed by atoms with Crippen LogP contribution in [0.1, 0.15) is 16.9 Å². The molecule has 0 saturated carbocycles. The van der Waals surface area contributed by atoms with Crippen LogP contribution in [0.15, 0.2) is 47.1 Å². The maximum atomic E-state index is 5.54. The summed E-state index contributed by atoms with van der Waals surface area (Å²) in [5, 5.41) is 0. The molecule has 0 amide bonds. The molecular weight excluding hydrogens is 224 g/mol. The number of furan rings is 1. The molecule has 0 saturated heterocycles. The van der Waals surface area contributed by atoms with E-state index in [1.54, 1.807) is 6.26 Å². The molecule has 3 heteroatoms. The van der Waals surface area contributed by atoms with Crippen molar-refractivity contribution in [3.05, 3.63) is 59.5 Å². The summed E-state index contributed by atoms with van der Waals surface area (Å²) in [7, 11) is 2.09. The molecule has 0 aliphatic rings. The molecule has 18 heavy (non-hydrogen) atoms. The summed E-state index contributed by atoms with van der Waals surface area (Å²) in [6.07, 6.45) is 2.66. The van der Waals surface area contributed by atoms with Gasteiger partial charge in [-0.15, -0.1) is 0 Å². The smallest absolute Gasteiger partial charge is 0.117 e. The molecule has 2 rings (SSSR count). The lowest BCUT2D eigenvalue weighted by atomic mass is 10.1. The average molecular weight is 244 g/mol. The summed E-state index contributed by atoms with van der Waals surface area (Å²) < 4.78 is 5.34. The first-order valence-corrected chi connectivity index (χ1v) is 6.27. The highest BCUT2D eigenvalue weighted by molar-refractivity contribution is 5.22. The summed E-state index contributed by atoms with van der Waals surface area (Å²) in [5.41, 5.74) is 8.15. The van der Waals surface area contributed by atoms with Crippen molar-refractivity contribution in [3.8, 4) is 0 Å². The average Bonchev–Trinajstić information content (AvgIpc) is 2.84. The normalized spacial score (nSPS) is 11.1. The molecule has 0 radical (unpaired) electrons. The van der Waals surface area contributed by atoms with E-state index in [4.69, 9.17) is 10.2 Å². The summed E-state index contributed by atoms with van der Waals surface area (Å²) in [6, 6.07) is 12.6. The quantitative estimate of drug-likeness (QED) is 0.848. The first-order valence-electron chi connectivity index (χ1n) is 6.27. The van der Waals surface area contributed by atoms with E-state index in [2.05, 4.69) is 36.2 Å². The highest BCUT2D eigenvalue weighted by atomic mass is 16.3. The fourth-order valence-corrected chi connectivity index (χ4v) is 2.01. The van der Waals surface area contributed by atoms with E-state index in [0.717, 1.165) is 25.3 Å². The van der Waals surface area contributed by atoms with E-state index < -0.39 is 0 Å². The molecule has 0 spiro atoms. The highest BCUT2D eigenvalue weighted by Crippen LogP contribution is 2.10. The lowest BCUT2D eigenvalue weighted by Gasteiger charge is -2.15. The van der Waals surface area contributed by atoms with E-state index in [0.29, 0.717) is 6.54 Å². The Bertz CT molecular complexity index is 448. The van der Waals surface area contributed by atoms with Gasteiger partial charge in [0.15, 0.2) is 0 Å². The largest absolute Gasteiger partial charge is 0.468 e. The summed E-state index contributed by atoms with van der Waals surface area (Å²) in [5.74, 6) is 0.997. The van der Waals surface area contributed by atoms with E-state index >= 15 is 0 Å². The predicted molar refractivity (Wildman–Crippen MR) is 73.1 cm³/mol. The zero-order valence-corrected chi connectivity index (χ0v) is 10.8. The Kier molecular flexibility index (Phi) is 4.56. The van der Waals surface area contributed by atoms with Crippen LogP contribution in [-0.2, 0) is 19.5 Å². The van der Waals surface area contributed by atoms with E-state index in [1.165, 1.54) is 11.1 Å². The Morgan fingerprint density at radius 2 is 1.78 bits per heavy atom. The third-order valence-electron chi connectivity index (χ3n) is 2.91. The second-order valence-corrected chi connectivity index (χ2v) is 4.61. The molecule has 1 aromatic heterocycles. The van der Waals surface area contributed by atoms with Gasteiger partial charge >= 0.3 is 0 Å². The Morgan fingerprint density at radius 1 is 1.06 bits per heavy atom. The number of hydrogen-bond donors (Lipinski definition) is 1. The zero-order valence-electron chi connectivity index (χ0n) is 10.8. The number of nitrogens with zero attached hydrogens (tertiary/aromatic N) is 1. The minimum atomic E-state index is 0.706. The van der Waals surface area contributed by atoms with Crippen LogP contribution in [0, 0.1) is 0 Å². The fourth-order valence-electron chi connectivity index (χ4n) is 2.01. The minimum absolute atomic E-state index is 0.706. The Morgan fingerprint density at radius 3 is 2.39 bits per heavy atom. The van der Waals surface area contributed by atoms with Gasteiger partial charge in [-0.3, -0.25) is 4.90 Å². The van der Waals surface area contributed by atoms with Crippen LogP contribution >= 0.6 is 0 Å². The second kappa shape index (κ2) is 6.38. The van der Waals surface area contributed by atoms with Gasteiger partial charge in [-0.05, 0) is 43.3 Å². The maximum absolute atomic E-state index is 5.54. The van der Waals surface area contributed by atoms with Gasteiger partial charge in [-0.1, -0.05) is 24.3 Å². The molecule has 2 N–H and O–H groups in total. The molecule has 3 nitrogen and oxygen atoms in total. The topological polar surface area (TPSA) is 42.4 Å². The van der Waals surface area contributed by atoms with Gasteiger partial charge in [0.1, 0.15) is 5.76 Å². The van der Waals surface area contributed by atoms with Gasteiger partial charge in [0, 0.05) is 6.54 Å². The van der Waals surface area contributed by atoms with Crippen molar-refractivity contribution in [1.82, 2.24) is 4.90 Å². The van der Waals surface area contributed by atoms with Crippen LogP contribution in [0.4, 0.5) is 0 Å². The summed E-state index contributed by atoms with van der Waals surface area (Å²) in [4.78, 5) is 2.23. The van der Waals surface area contributed by atoms with Crippen molar-refractivity contribution in [2.75, 3.05) is 13.6 Å². The number of benzene rings is 1. The van der Waals surface area contributed by atoms with Crippen LogP contribution in [-0.4, -0.2) is 18.5 Å². The summed E-state index contributed by atoms with van der Waals surface area (Å²) >= 11 is 0. The van der Waals surface area contributed by atoms with Crippen molar-refractivity contribution < 1.29 is 4.42 Å². The zero-order chi connectivity index (χ0) is 12.8. The van der Waals surface area contributed by atoms with E-state index in [1.807, 2.05) is 12.1 Å². The molecule has 0 atom stereocenters. The number of nitrogens with two attached hydrogens (primary N) is 1. The molecule has 96 valence electrons. The van der Waals surface area contributed by atoms with Crippen LogP contribution in [0.3, 0.4) is 0 Å². The molecule has 0 fully saturated rings. The van der Waals surface area contributed by atoms with Crippen molar-refractivity contribution in [3.63, 3.8) is 0 Å². The van der Waals surface area contributed by atoms with Crippen LogP contribution < -0.4 is 5.73 Å². The SMILES string of the molecule is CN(Cc1ccc(CCN)cc1)Cc1ccco1. The molecule has 2 aromatic rings. The Labute approximate surface area is 108 Å². The van der Waals surface area contributed by atoms with Gasteiger partial charge in [0.05, 0.1) is 12.8 Å². The molecule has 0 aliphatic heterocycles. The minimum Gasteiger partial charge on any atom is -0.468 e. The van der Waals surface area contributed by atoms with Crippen molar-refractivity contribution in [2.45, 2.75) is 19.5 Å². The molecule has 1 heterocycles. The van der Waals surface area contributed by atoms with Crippen molar-refractivity contribution in [2.24, 2.45) is 5.73 Å². The Balaban J connectivity index is 1.88. The van der Waals surface area contributed by atoms with Gasteiger partial charge < -0.3 is 10.2 Å². The van der Waals surface area contributed by atoms with Crippen LogP contribution in [0.25, 0.3) is 0 Å². The van der Waals surface area contributed by atoms with E-state index in [-0.39, 0.29) is 0 Å². The maximum Gasteiger partial charge on any atom is 0.117 e.